The first-order chi connectivity index (χ1) is 14.7. The molecule has 1 aliphatic heterocycles. The number of hydrogen-bond acceptors (Lipinski definition) is 6. The van der Waals surface area contributed by atoms with Crippen LogP contribution in [-0.2, 0) is 4.79 Å². The van der Waals surface area contributed by atoms with E-state index in [1.807, 2.05) is 55.5 Å². The van der Waals surface area contributed by atoms with Crippen LogP contribution in [0.3, 0.4) is 0 Å². The fraction of sp³-hybridized carbons (Fsp3) is 0.304. The van der Waals surface area contributed by atoms with E-state index in [0.29, 0.717) is 24.6 Å². The van der Waals surface area contributed by atoms with Gasteiger partial charge in [0.1, 0.15) is 5.75 Å². The minimum absolute atomic E-state index is 0.00761. The third kappa shape index (κ3) is 4.56. The molecule has 154 valence electrons. The Bertz CT molecular complexity index is 978. The second-order valence-electron chi connectivity index (χ2n) is 7.22. The zero-order chi connectivity index (χ0) is 20.8. The van der Waals surface area contributed by atoms with E-state index < -0.39 is 0 Å². The third-order valence-corrected chi connectivity index (χ3v) is 5.19. The molecule has 1 amide bonds. The molecule has 0 saturated carbocycles. The van der Waals surface area contributed by atoms with E-state index in [-0.39, 0.29) is 11.8 Å². The molecular weight excluding hydrogens is 378 g/mol. The largest absolute Gasteiger partial charge is 0.492 e. The monoisotopic (exact) mass is 403 g/mol. The predicted octanol–water partition coefficient (Wildman–Crippen LogP) is 3.79. The van der Waals surface area contributed by atoms with Gasteiger partial charge in [0.2, 0.25) is 5.91 Å². The molecule has 7 nitrogen and oxygen atoms in total. The number of piperidine rings is 1. The number of nitrogens with one attached hydrogen (secondary N) is 1. The minimum Gasteiger partial charge on any atom is -0.492 e. The Hall–Kier alpha value is -3.48. The molecule has 0 aliphatic carbocycles. The van der Waals surface area contributed by atoms with E-state index in [4.69, 9.17) is 4.74 Å². The maximum Gasteiger partial charge on any atom is 0.229 e. The van der Waals surface area contributed by atoms with Gasteiger partial charge >= 0.3 is 0 Å². The van der Waals surface area contributed by atoms with E-state index in [0.717, 1.165) is 36.5 Å². The lowest BCUT2D eigenvalue weighted by Crippen LogP contribution is -2.41. The van der Waals surface area contributed by atoms with Gasteiger partial charge in [0.05, 0.1) is 23.9 Å². The summed E-state index contributed by atoms with van der Waals surface area (Å²) in [5.74, 6) is 1.38. The SMILES string of the molecule is CCOc1ccccc1NC(=O)C1CCCN(c2ccc(-c3ccncc3)nn2)C1. The molecule has 4 rings (SSSR count). The number of carbonyl (C=O) groups is 1. The fourth-order valence-electron chi connectivity index (χ4n) is 3.66. The molecule has 1 unspecified atom stereocenters. The Morgan fingerprint density at radius 3 is 2.73 bits per heavy atom. The normalized spacial score (nSPS) is 16.2. The average molecular weight is 403 g/mol. The molecule has 0 bridgehead atoms. The van der Waals surface area contributed by atoms with Crippen molar-refractivity contribution in [2.45, 2.75) is 19.8 Å². The number of benzene rings is 1. The molecule has 3 heterocycles. The molecule has 1 aliphatic rings. The van der Waals surface area contributed by atoms with Crippen molar-refractivity contribution in [1.29, 1.82) is 0 Å². The van der Waals surface area contributed by atoms with Crippen LogP contribution in [0.5, 0.6) is 5.75 Å². The van der Waals surface area contributed by atoms with Crippen LogP contribution < -0.4 is 15.0 Å². The quantitative estimate of drug-likeness (QED) is 0.674. The van der Waals surface area contributed by atoms with Gasteiger partial charge in [-0.3, -0.25) is 9.78 Å². The molecule has 0 radical (unpaired) electrons. The maximum atomic E-state index is 12.9. The summed E-state index contributed by atoms with van der Waals surface area (Å²) in [5, 5.41) is 11.8. The van der Waals surface area contributed by atoms with Crippen LogP contribution in [0.15, 0.2) is 60.9 Å². The lowest BCUT2D eigenvalue weighted by atomic mass is 9.97. The average Bonchev–Trinajstić information content (AvgIpc) is 2.81. The molecule has 1 atom stereocenters. The van der Waals surface area contributed by atoms with Gasteiger partial charge in [0.15, 0.2) is 5.82 Å². The van der Waals surface area contributed by atoms with Crippen molar-refractivity contribution in [3.05, 3.63) is 60.9 Å². The Balaban J connectivity index is 1.42. The topological polar surface area (TPSA) is 80.2 Å². The molecule has 1 saturated heterocycles. The molecule has 7 heteroatoms. The van der Waals surface area contributed by atoms with Gasteiger partial charge < -0.3 is 15.0 Å². The van der Waals surface area contributed by atoms with Crippen LogP contribution in [0.4, 0.5) is 11.5 Å². The van der Waals surface area contributed by atoms with Gasteiger partial charge in [-0.05, 0) is 56.2 Å². The Morgan fingerprint density at radius 1 is 1.13 bits per heavy atom. The summed E-state index contributed by atoms with van der Waals surface area (Å²) in [6, 6.07) is 15.3. The van der Waals surface area contributed by atoms with Crippen molar-refractivity contribution in [3.63, 3.8) is 0 Å². The van der Waals surface area contributed by atoms with Gasteiger partial charge in [-0.25, -0.2) is 0 Å². The number of aromatic nitrogens is 3. The van der Waals surface area contributed by atoms with Gasteiger partial charge in [-0.2, -0.15) is 0 Å². The highest BCUT2D eigenvalue weighted by Crippen LogP contribution is 2.27. The molecule has 1 N–H and O–H groups in total. The highest BCUT2D eigenvalue weighted by molar-refractivity contribution is 5.94. The summed E-state index contributed by atoms with van der Waals surface area (Å²) in [6.45, 7) is 3.96. The van der Waals surface area contributed by atoms with Crippen molar-refractivity contribution in [1.82, 2.24) is 15.2 Å². The predicted molar refractivity (Wildman–Crippen MR) is 116 cm³/mol. The molecular formula is C23H25N5O2. The van der Waals surface area contributed by atoms with Crippen molar-refractivity contribution in [2.75, 3.05) is 29.9 Å². The smallest absolute Gasteiger partial charge is 0.229 e. The van der Waals surface area contributed by atoms with E-state index in [1.165, 1.54) is 0 Å². The Kier molecular flexibility index (Phi) is 6.17. The number of para-hydroxylation sites is 2. The van der Waals surface area contributed by atoms with Gasteiger partial charge in [-0.15, -0.1) is 10.2 Å². The number of nitrogens with zero attached hydrogens (tertiary/aromatic N) is 4. The zero-order valence-corrected chi connectivity index (χ0v) is 17.0. The summed E-state index contributed by atoms with van der Waals surface area (Å²) in [4.78, 5) is 19.1. The van der Waals surface area contributed by atoms with Crippen LogP contribution in [0.25, 0.3) is 11.3 Å². The number of hydrogen-bond donors (Lipinski definition) is 1. The van der Waals surface area contributed by atoms with Gasteiger partial charge in [-0.1, -0.05) is 12.1 Å². The fourth-order valence-corrected chi connectivity index (χ4v) is 3.66. The maximum absolute atomic E-state index is 12.9. The lowest BCUT2D eigenvalue weighted by Gasteiger charge is -2.32. The second-order valence-corrected chi connectivity index (χ2v) is 7.22. The van der Waals surface area contributed by atoms with E-state index in [9.17, 15) is 4.79 Å². The van der Waals surface area contributed by atoms with Crippen LogP contribution in [0.2, 0.25) is 0 Å². The third-order valence-electron chi connectivity index (χ3n) is 5.19. The molecule has 2 aromatic heterocycles. The van der Waals surface area contributed by atoms with Gasteiger partial charge in [0.25, 0.3) is 0 Å². The van der Waals surface area contributed by atoms with Gasteiger partial charge in [0, 0.05) is 31.0 Å². The van der Waals surface area contributed by atoms with Crippen LogP contribution in [-0.4, -0.2) is 40.8 Å². The lowest BCUT2D eigenvalue weighted by molar-refractivity contribution is -0.120. The number of rotatable bonds is 6. The van der Waals surface area contributed by atoms with Crippen LogP contribution in [0, 0.1) is 5.92 Å². The Labute approximate surface area is 176 Å². The summed E-state index contributed by atoms with van der Waals surface area (Å²) in [7, 11) is 0. The van der Waals surface area contributed by atoms with Crippen molar-refractivity contribution < 1.29 is 9.53 Å². The number of pyridine rings is 1. The van der Waals surface area contributed by atoms with Crippen molar-refractivity contribution in [2.24, 2.45) is 5.92 Å². The highest BCUT2D eigenvalue weighted by Gasteiger charge is 2.27. The first-order valence-corrected chi connectivity index (χ1v) is 10.3. The van der Waals surface area contributed by atoms with Crippen molar-refractivity contribution >= 4 is 17.4 Å². The molecule has 1 fully saturated rings. The molecule has 0 spiro atoms. The number of anilines is 2. The summed E-state index contributed by atoms with van der Waals surface area (Å²) in [5.41, 5.74) is 2.50. The summed E-state index contributed by atoms with van der Waals surface area (Å²) >= 11 is 0. The number of carbonyl (C=O) groups excluding carboxylic acids is 1. The highest BCUT2D eigenvalue weighted by atomic mass is 16.5. The van der Waals surface area contributed by atoms with Crippen LogP contribution in [0.1, 0.15) is 19.8 Å². The van der Waals surface area contributed by atoms with Crippen molar-refractivity contribution in [3.8, 4) is 17.0 Å². The molecule has 3 aromatic rings. The second kappa shape index (κ2) is 9.35. The summed E-state index contributed by atoms with van der Waals surface area (Å²) in [6.07, 6.45) is 5.26. The first kappa shape index (κ1) is 19.8. The zero-order valence-electron chi connectivity index (χ0n) is 17.0. The minimum atomic E-state index is -0.116. The molecule has 1 aromatic carbocycles. The number of amides is 1. The summed E-state index contributed by atoms with van der Waals surface area (Å²) < 4.78 is 5.62. The Morgan fingerprint density at radius 2 is 1.97 bits per heavy atom. The number of ether oxygens (including phenoxy) is 1. The van der Waals surface area contributed by atoms with E-state index >= 15 is 0 Å². The van der Waals surface area contributed by atoms with E-state index in [1.54, 1.807) is 12.4 Å². The van der Waals surface area contributed by atoms with E-state index in [2.05, 4.69) is 25.4 Å². The molecule has 30 heavy (non-hydrogen) atoms. The first-order valence-electron chi connectivity index (χ1n) is 10.3. The standard InChI is InChI=1S/C23H25N5O2/c1-2-30-21-8-4-3-7-20(21)25-23(29)18-6-5-15-28(16-18)22-10-9-19(26-27-22)17-11-13-24-14-12-17/h3-4,7-14,18H,2,5-6,15-16H2,1H3,(H,25,29). The van der Waals surface area contributed by atoms with Crippen LogP contribution >= 0.6 is 0 Å².